The molecule has 0 radical (unpaired) electrons. The Labute approximate surface area is 198 Å². The third-order valence-electron chi connectivity index (χ3n) is 5.59. The summed E-state index contributed by atoms with van der Waals surface area (Å²) in [6.07, 6.45) is 0. The zero-order chi connectivity index (χ0) is 23.2. The number of hydrogen-bond acceptors (Lipinski definition) is 4. The standard InChI is InChI=1S/C26H25ClN2O4/c1-32-24-17-21(9-12-23(24)33-18-19-7-10-22(27)11-8-19)26(31)29-15-13-28(14-16-29)25(30)20-5-3-2-4-6-20/h2-12,17H,13-16,18H2,1H3. The lowest BCUT2D eigenvalue weighted by atomic mass is 10.1. The molecule has 0 N–H and O–H groups in total. The zero-order valence-corrected chi connectivity index (χ0v) is 19.1. The van der Waals surface area contributed by atoms with Crippen molar-refractivity contribution in [2.75, 3.05) is 33.3 Å². The highest BCUT2D eigenvalue weighted by molar-refractivity contribution is 6.30. The number of methoxy groups -OCH3 is 1. The molecule has 0 unspecified atom stereocenters. The van der Waals surface area contributed by atoms with Gasteiger partial charge in [-0.15, -0.1) is 0 Å². The van der Waals surface area contributed by atoms with Gasteiger partial charge in [-0.2, -0.15) is 0 Å². The quantitative estimate of drug-likeness (QED) is 0.538. The highest BCUT2D eigenvalue weighted by atomic mass is 35.5. The third-order valence-corrected chi connectivity index (χ3v) is 5.84. The van der Waals surface area contributed by atoms with Gasteiger partial charge < -0.3 is 19.3 Å². The molecular weight excluding hydrogens is 440 g/mol. The lowest BCUT2D eigenvalue weighted by molar-refractivity contribution is 0.0535. The van der Waals surface area contributed by atoms with E-state index >= 15 is 0 Å². The summed E-state index contributed by atoms with van der Waals surface area (Å²) in [5, 5.41) is 0.671. The van der Waals surface area contributed by atoms with Gasteiger partial charge in [0.25, 0.3) is 11.8 Å². The van der Waals surface area contributed by atoms with Crippen molar-refractivity contribution < 1.29 is 19.1 Å². The van der Waals surface area contributed by atoms with Crippen LogP contribution in [-0.2, 0) is 6.61 Å². The maximum atomic E-state index is 13.1. The maximum Gasteiger partial charge on any atom is 0.254 e. The number of amides is 2. The second-order valence-corrected chi connectivity index (χ2v) is 8.17. The van der Waals surface area contributed by atoms with Crippen LogP contribution >= 0.6 is 11.6 Å². The SMILES string of the molecule is COc1cc(C(=O)N2CCN(C(=O)c3ccccc3)CC2)ccc1OCc1ccc(Cl)cc1. The molecule has 170 valence electrons. The van der Waals surface area contributed by atoms with Gasteiger partial charge in [0.2, 0.25) is 0 Å². The summed E-state index contributed by atoms with van der Waals surface area (Å²) in [6, 6.07) is 21.8. The van der Waals surface area contributed by atoms with Crippen LogP contribution in [0.5, 0.6) is 11.5 Å². The number of benzene rings is 3. The molecule has 0 spiro atoms. The van der Waals surface area contributed by atoms with Gasteiger partial charge in [0.05, 0.1) is 7.11 Å². The minimum atomic E-state index is -0.0932. The second-order valence-electron chi connectivity index (χ2n) is 7.73. The Bertz CT molecular complexity index is 1110. The Hall–Kier alpha value is -3.51. The average Bonchev–Trinajstić information content (AvgIpc) is 2.88. The van der Waals surface area contributed by atoms with Crippen LogP contribution in [0.2, 0.25) is 5.02 Å². The summed E-state index contributed by atoms with van der Waals surface area (Å²) in [5.41, 5.74) is 2.16. The van der Waals surface area contributed by atoms with Crippen LogP contribution in [0.15, 0.2) is 72.8 Å². The van der Waals surface area contributed by atoms with Crippen LogP contribution < -0.4 is 9.47 Å². The van der Waals surface area contributed by atoms with Crippen molar-refractivity contribution in [3.63, 3.8) is 0 Å². The highest BCUT2D eigenvalue weighted by Gasteiger charge is 2.26. The van der Waals surface area contributed by atoms with Crippen LogP contribution in [0.1, 0.15) is 26.3 Å². The van der Waals surface area contributed by atoms with Gasteiger partial charge in [0.15, 0.2) is 11.5 Å². The first-order valence-electron chi connectivity index (χ1n) is 10.7. The molecule has 0 aliphatic carbocycles. The number of hydrogen-bond donors (Lipinski definition) is 0. The molecule has 1 aliphatic rings. The summed E-state index contributed by atoms with van der Waals surface area (Å²) in [4.78, 5) is 29.2. The van der Waals surface area contributed by atoms with E-state index in [0.717, 1.165) is 5.56 Å². The molecule has 6 nitrogen and oxygen atoms in total. The number of ether oxygens (including phenoxy) is 2. The predicted octanol–water partition coefficient (Wildman–Crippen LogP) is 4.53. The van der Waals surface area contributed by atoms with Gasteiger partial charge in [-0.05, 0) is 48.0 Å². The largest absolute Gasteiger partial charge is 0.493 e. The fourth-order valence-corrected chi connectivity index (χ4v) is 3.85. The van der Waals surface area contributed by atoms with E-state index in [-0.39, 0.29) is 11.8 Å². The molecule has 0 bridgehead atoms. The summed E-state index contributed by atoms with van der Waals surface area (Å²) in [5.74, 6) is 0.950. The zero-order valence-electron chi connectivity index (χ0n) is 18.4. The molecule has 3 aromatic carbocycles. The number of rotatable bonds is 6. The van der Waals surface area contributed by atoms with Crippen molar-refractivity contribution in [2.45, 2.75) is 6.61 Å². The van der Waals surface area contributed by atoms with Crippen molar-refractivity contribution in [1.29, 1.82) is 0 Å². The van der Waals surface area contributed by atoms with E-state index in [0.29, 0.717) is 60.4 Å². The Morgan fingerprint density at radius 1 is 0.788 bits per heavy atom. The number of carbonyl (C=O) groups excluding carboxylic acids is 2. The van der Waals surface area contributed by atoms with E-state index in [1.54, 1.807) is 35.1 Å². The molecular formula is C26H25ClN2O4. The molecule has 0 saturated carbocycles. The summed E-state index contributed by atoms with van der Waals surface area (Å²) < 4.78 is 11.3. The second kappa shape index (κ2) is 10.4. The fourth-order valence-electron chi connectivity index (χ4n) is 3.72. The normalized spacial score (nSPS) is 13.5. The van der Waals surface area contributed by atoms with E-state index < -0.39 is 0 Å². The van der Waals surface area contributed by atoms with Crippen molar-refractivity contribution in [1.82, 2.24) is 9.80 Å². The first-order chi connectivity index (χ1) is 16.0. The van der Waals surface area contributed by atoms with E-state index in [1.807, 2.05) is 54.6 Å². The Morgan fingerprint density at radius 3 is 2.00 bits per heavy atom. The summed E-state index contributed by atoms with van der Waals surface area (Å²) in [7, 11) is 1.55. The van der Waals surface area contributed by atoms with Gasteiger partial charge in [0.1, 0.15) is 6.61 Å². The minimum absolute atomic E-state index is 0.00782. The molecule has 33 heavy (non-hydrogen) atoms. The number of halogens is 1. The average molecular weight is 465 g/mol. The van der Waals surface area contributed by atoms with Crippen molar-refractivity contribution >= 4 is 23.4 Å². The molecule has 1 saturated heterocycles. The third kappa shape index (κ3) is 5.46. The first kappa shape index (κ1) is 22.7. The van der Waals surface area contributed by atoms with Crippen LogP contribution in [0.3, 0.4) is 0 Å². The molecule has 4 rings (SSSR count). The van der Waals surface area contributed by atoms with Gasteiger partial charge in [-0.25, -0.2) is 0 Å². The molecule has 0 atom stereocenters. The highest BCUT2D eigenvalue weighted by Crippen LogP contribution is 2.29. The molecule has 7 heteroatoms. The predicted molar refractivity (Wildman–Crippen MR) is 127 cm³/mol. The fraction of sp³-hybridized carbons (Fsp3) is 0.231. The van der Waals surface area contributed by atoms with Crippen LogP contribution in [0, 0.1) is 0 Å². The molecule has 0 aromatic heterocycles. The van der Waals surface area contributed by atoms with Crippen molar-refractivity contribution in [3.8, 4) is 11.5 Å². The number of carbonyl (C=O) groups is 2. The topological polar surface area (TPSA) is 59.1 Å². The minimum Gasteiger partial charge on any atom is -0.493 e. The molecule has 3 aromatic rings. The molecule has 1 fully saturated rings. The maximum absolute atomic E-state index is 13.1. The van der Waals surface area contributed by atoms with Gasteiger partial charge in [0, 0.05) is 42.3 Å². The lowest BCUT2D eigenvalue weighted by Gasteiger charge is -2.35. The molecule has 2 amide bonds. The summed E-state index contributed by atoms with van der Waals surface area (Å²) in [6.45, 7) is 2.32. The number of piperazine rings is 1. The van der Waals surface area contributed by atoms with E-state index in [2.05, 4.69) is 0 Å². The van der Waals surface area contributed by atoms with Crippen molar-refractivity contribution in [2.24, 2.45) is 0 Å². The van der Waals surface area contributed by atoms with Gasteiger partial charge in [-0.1, -0.05) is 41.9 Å². The van der Waals surface area contributed by atoms with Gasteiger partial charge in [-0.3, -0.25) is 9.59 Å². The van der Waals surface area contributed by atoms with E-state index in [1.165, 1.54) is 0 Å². The van der Waals surface area contributed by atoms with Crippen molar-refractivity contribution in [3.05, 3.63) is 94.5 Å². The monoisotopic (exact) mass is 464 g/mol. The number of nitrogens with zero attached hydrogens (tertiary/aromatic N) is 2. The lowest BCUT2D eigenvalue weighted by Crippen LogP contribution is -2.50. The van der Waals surface area contributed by atoms with E-state index in [9.17, 15) is 9.59 Å². The van der Waals surface area contributed by atoms with E-state index in [4.69, 9.17) is 21.1 Å². The van der Waals surface area contributed by atoms with Crippen LogP contribution in [0.25, 0.3) is 0 Å². The molecule has 1 aliphatic heterocycles. The Kier molecular flexibility index (Phi) is 7.15. The summed E-state index contributed by atoms with van der Waals surface area (Å²) >= 11 is 5.92. The van der Waals surface area contributed by atoms with Crippen LogP contribution in [-0.4, -0.2) is 54.9 Å². The molecule has 1 heterocycles. The van der Waals surface area contributed by atoms with Gasteiger partial charge >= 0.3 is 0 Å². The van der Waals surface area contributed by atoms with Crippen LogP contribution in [0.4, 0.5) is 0 Å². The smallest absolute Gasteiger partial charge is 0.254 e. The first-order valence-corrected chi connectivity index (χ1v) is 11.1. The Balaban J connectivity index is 1.37. The Morgan fingerprint density at radius 2 is 1.39 bits per heavy atom.